The van der Waals surface area contributed by atoms with Crippen LogP contribution < -0.4 is 0 Å². The lowest BCUT2D eigenvalue weighted by Gasteiger charge is -2.14. The van der Waals surface area contributed by atoms with Crippen molar-refractivity contribution in [1.82, 2.24) is 4.90 Å². The Kier molecular flexibility index (Phi) is 3.58. The predicted molar refractivity (Wildman–Crippen MR) is 46.3 cm³/mol. The molecule has 0 bridgehead atoms. The van der Waals surface area contributed by atoms with Crippen LogP contribution in [0.15, 0.2) is 24.6 Å². The highest BCUT2D eigenvalue weighted by molar-refractivity contribution is 5.70. The van der Waals surface area contributed by atoms with E-state index in [1.54, 1.807) is 12.4 Å². The summed E-state index contributed by atoms with van der Waals surface area (Å²) in [4.78, 5) is 12.5. The number of carbonyl (C=O) groups excluding carboxylic acids is 1. The van der Waals surface area contributed by atoms with Gasteiger partial charge in [0.15, 0.2) is 0 Å². The summed E-state index contributed by atoms with van der Waals surface area (Å²) >= 11 is 0. The Hall–Kier alpha value is -1.76. The maximum Gasteiger partial charge on any atom is 0.417 e. The van der Waals surface area contributed by atoms with Gasteiger partial charge in [0.25, 0.3) is 0 Å². The zero-order chi connectivity index (χ0) is 9.52. The van der Waals surface area contributed by atoms with Gasteiger partial charge in [0.05, 0.1) is 12.5 Å². The van der Waals surface area contributed by atoms with E-state index in [1.165, 1.54) is 4.90 Å². The summed E-state index contributed by atoms with van der Waals surface area (Å²) in [5.41, 5.74) is 0. The molecule has 0 aliphatic carbocycles. The fourth-order valence-corrected chi connectivity index (χ4v) is 0.857. The second-order valence-electron chi connectivity index (χ2n) is 2.44. The Morgan fingerprint density at radius 3 is 2.85 bits per heavy atom. The van der Waals surface area contributed by atoms with Gasteiger partial charge in [-0.2, -0.15) is 5.26 Å². The molecule has 4 heteroatoms. The molecule has 13 heavy (non-hydrogen) atoms. The van der Waals surface area contributed by atoms with Crippen molar-refractivity contribution < 1.29 is 9.53 Å². The molecule has 0 atom stereocenters. The van der Waals surface area contributed by atoms with E-state index in [1.807, 2.05) is 18.2 Å². The number of allylic oxidation sites excluding steroid dienone is 2. The molecule has 0 aromatic carbocycles. The van der Waals surface area contributed by atoms with Crippen molar-refractivity contribution in [2.75, 3.05) is 6.61 Å². The Morgan fingerprint density at radius 2 is 2.23 bits per heavy atom. The van der Waals surface area contributed by atoms with Crippen molar-refractivity contribution in [1.29, 1.82) is 5.26 Å². The molecule has 1 heterocycles. The SMILES string of the molecule is N#CCCOC(=O)N1C=CCC=C1. The Morgan fingerprint density at radius 1 is 1.54 bits per heavy atom. The summed E-state index contributed by atoms with van der Waals surface area (Å²) in [6.45, 7) is 0.146. The van der Waals surface area contributed by atoms with Crippen LogP contribution in [0, 0.1) is 11.3 Å². The van der Waals surface area contributed by atoms with Crippen LogP contribution in [0.3, 0.4) is 0 Å². The lowest BCUT2D eigenvalue weighted by Crippen LogP contribution is -2.22. The molecular weight excluding hydrogens is 168 g/mol. The highest BCUT2D eigenvalue weighted by Gasteiger charge is 2.09. The van der Waals surface area contributed by atoms with E-state index in [-0.39, 0.29) is 13.0 Å². The number of nitriles is 1. The highest BCUT2D eigenvalue weighted by atomic mass is 16.6. The van der Waals surface area contributed by atoms with E-state index in [0.717, 1.165) is 6.42 Å². The van der Waals surface area contributed by atoms with Crippen LogP contribution in [0.25, 0.3) is 0 Å². The summed E-state index contributed by atoms with van der Waals surface area (Å²) in [5, 5.41) is 8.21. The quantitative estimate of drug-likeness (QED) is 0.605. The van der Waals surface area contributed by atoms with E-state index < -0.39 is 6.09 Å². The first kappa shape index (κ1) is 9.33. The number of hydrogen-bond donors (Lipinski definition) is 0. The van der Waals surface area contributed by atoms with Crippen LogP contribution in [0.4, 0.5) is 4.79 Å². The Balaban J connectivity index is 2.31. The largest absolute Gasteiger partial charge is 0.448 e. The third kappa shape index (κ3) is 2.99. The first-order valence-corrected chi connectivity index (χ1v) is 4.00. The first-order chi connectivity index (χ1) is 6.34. The van der Waals surface area contributed by atoms with Gasteiger partial charge < -0.3 is 4.74 Å². The van der Waals surface area contributed by atoms with Crippen LogP contribution in [0.1, 0.15) is 12.8 Å². The van der Waals surface area contributed by atoms with Crippen LogP contribution in [0.5, 0.6) is 0 Å². The monoisotopic (exact) mass is 178 g/mol. The Bertz CT molecular complexity index is 264. The third-order valence-electron chi connectivity index (χ3n) is 1.45. The normalized spacial score (nSPS) is 13.9. The molecule has 1 aliphatic heterocycles. The van der Waals surface area contributed by atoms with Crippen molar-refractivity contribution in [2.45, 2.75) is 12.8 Å². The number of carbonyl (C=O) groups is 1. The van der Waals surface area contributed by atoms with Crippen LogP contribution >= 0.6 is 0 Å². The summed E-state index contributed by atoms with van der Waals surface area (Å²) in [6.07, 6.45) is 7.62. The van der Waals surface area contributed by atoms with E-state index in [9.17, 15) is 4.79 Å². The minimum absolute atomic E-state index is 0.146. The standard InChI is InChI=1S/C9H10N2O2/c10-5-4-8-13-9(12)11-6-2-1-3-7-11/h2-3,6-7H,1,4,8H2. The van der Waals surface area contributed by atoms with E-state index in [4.69, 9.17) is 10.00 Å². The number of nitrogens with zero attached hydrogens (tertiary/aromatic N) is 2. The first-order valence-electron chi connectivity index (χ1n) is 4.00. The van der Waals surface area contributed by atoms with Crippen molar-refractivity contribution in [2.24, 2.45) is 0 Å². The molecule has 1 rings (SSSR count). The molecule has 0 N–H and O–H groups in total. The third-order valence-corrected chi connectivity index (χ3v) is 1.45. The molecule has 0 spiro atoms. The van der Waals surface area contributed by atoms with Crippen molar-refractivity contribution in [3.8, 4) is 6.07 Å². The second-order valence-corrected chi connectivity index (χ2v) is 2.44. The molecule has 1 amide bonds. The van der Waals surface area contributed by atoms with Gasteiger partial charge in [-0.15, -0.1) is 0 Å². The zero-order valence-corrected chi connectivity index (χ0v) is 7.14. The average molecular weight is 178 g/mol. The van der Waals surface area contributed by atoms with Gasteiger partial charge >= 0.3 is 6.09 Å². The number of rotatable bonds is 2. The van der Waals surface area contributed by atoms with E-state index in [2.05, 4.69) is 0 Å². The second kappa shape index (κ2) is 4.99. The summed E-state index contributed by atoms with van der Waals surface area (Å²) in [5.74, 6) is 0. The molecule has 0 saturated heterocycles. The molecule has 0 aromatic heterocycles. The predicted octanol–water partition coefficient (Wildman–Crippen LogP) is 1.77. The van der Waals surface area contributed by atoms with Gasteiger partial charge in [-0.1, -0.05) is 12.2 Å². The fourth-order valence-electron chi connectivity index (χ4n) is 0.857. The molecule has 0 fully saturated rings. The summed E-state index contributed by atoms with van der Waals surface area (Å²) < 4.78 is 4.78. The maximum absolute atomic E-state index is 11.2. The topological polar surface area (TPSA) is 53.3 Å². The molecule has 1 aliphatic rings. The van der Waals surface area contributed by atoms with Gasteiger partial charge in [0, 0.05) is 12.4 Å². The van der Waals surface area contributed by atoms with Gasteiger partial charge in [-0.3, -0.25) is 4.90 Å². The molecule has 68 valence electrons. The van der Waals surface area contributed by atoms with E-state index in [0.29, 0.717) is 0 Å². The summed E-state index contributed by atoms with van der Waals surface area (Å²) in [7, 11) is 0. The van der Waals surface area contributed by atoms with Crippen molar-refractivity contribution >= 4 is 6.09 Å². The van der Waals surface area contributed by atoms with E-state index >= 15 is 0 Å². The van der Waals surface area contributed by atoms with Gasteiger partial charge in [0.2, 0.25) is 0 Å². The van der Waals surface area contributed by atoms with Crippen LogP contribution in [-0.2, 0) is 4.74 Å². The molecule has 0 radical (unpaired) electrons. The average Bonchev–Trinajstić information content (AvgIpc) is 2.19. The number of hydrogen-bond acceptors (Lipinski definition) is 3. The zero-order valence-electron chi connectivity index (χ0n) is 7.14. The Labute approximate surface area is 76.7 Å². The van der Waals surface area contributed by atoms with Crippen LogP contribution in [0.2, 0.25) is 0 Å². The number of ether oxygens (including phenoxy) is 1. The molecule has 0 aromatic rings. The maximum atomic E-state index is 11.2. The highest BCUT2D eigenvalue weighted by Crippen LogP contribution is 2.04. The van der Waals surface area contributed by atoms with Gasteiger partial charge in [0.1, 0.15) is 6.61 Å². The van der Waals surface area contributed by atoms with Crippen molar-refractivity contribution in [3.05, 3.63) is 24.6 Å². The fraction of sp³-hybridized carbons (Fsp3) is 0.333. The minimum atomic E-state index is -0.442. The minimum Gasteiger partial charge on any atom is -0.448 e. The number of amides is 1. The van der Waals surface area contributed by atoms with Gasteiger partial charge in [-0.25, -0.2) is 4.79 Å². The lowest BCUT2D eigenvalue weighted by atomic mass is 10.3. The smallest absolute Gasteiger partial charge is 0.417 e. The molecule has 0 saturated carbocycles. The summed E-state index contributed by atoms with van der Waals surface area (Å²) in [6, 6.07) is 1.89. The molecule has 4 nitrogen and oxygen atoms in total. The van der Waals surface area contributed by atoms with Crippen LogP contribution in [-0.4, -0.2) is 17.6 Å². The van der Waals surface area contributed by atoms with Crippen molar-refractivity contribution in [3.63, 3.8) is 0 Å². The van der Waals surface area contributed by atoms with Gasteiger partial charge in [-0.05, 0) is 6.42 Å². The molecule has 0 unspecified atom stereocenters. The molecular formula is C9H10N2O2. The lowest BCUT2D eigenvalue weighted by molar-refractivity contribution is 0.129.